The number of carbonyl (C=O) groups is 1. The van der Waals surface area contributed by atoms with Gasteiger partial charge in [-0.05, 0) is 47.0 Å². The molecule has 0 bridgehead atoms. The van der Waals surface area contributed by atoms with Crippen molar-refractivity contribution in [2.75, 3.05) is 13.2 Å². The zero-order chi connectivity index (χ0) is 13.0. The standard InChI is InChI=1S/C13H15BrO4/c14-11-4-3-9(13(15)16)8-12(11)18-7-5-10-2-1-6-17-10/h3-4,8,10H,1-2,5-7H2,(H,15,16). The van der Waals surface area contributed by atoms with Crippen molar-refractivity contribution in [3.8, 4) is 5.75 Å². The highest BCUT2D eigenvalue weighted by atomic mass is 79.9. The molecule has 1 aromatic rings. The molecule has 5 heteroatoms. The fraction of sp³-hybridized carbons (Fsp3) is 0.462. The smallest absolute Gasteiger partial charge is 0.335 e. The summed E-state index contributed by atoms with van der Waals surface area (Å²) in [5.41, 5.74) is 0.227. The number of ether oxygens (including phenoxy) is 2. The van der Waals surface area contributed by atoms with Crippen molar-refractivity contribution in [1.29, 1.82) is 0 Å². The van der Waals surface area contributed by atoms with E-state index in [0.717, 1.165) is 30.3 Å². The summed E-state index contributed by atoms with van der Waals surface area (Å²) in [7, 11) is 0. The summed E-state index contributed by atoms with van der Waals surface area (Å²) < 4.78 is 11.9. The molecule has 18 heavy (non-hydrogen) atoms. The Morgan fingerprint density at radius 3 is 3.06 bits per heavy atom. The Morgan fingerprint density at radius 2 is 2.39 bits per heavy atom. The number of halogens is 1. The van der Waals surface area contributed by atoms with Crippen LogP contribution in [-0.4, -0.2) is 30.4 Å². The first kappa shape index (κ1) is 13.4. The largest absolute Gasteiger partial charge is 0.492 e. The topological polar surface area (TPSA) is 55.8 Å². The lowest BCUT2D eigenvalue weighted by molar-refractivity contribution is 0.0695. The Bertz CT molecular complexity index is 427. The molecule has 4 nitrogen and oxygen atoms in total. The molecule has 1 fully saturated rings. The van der Waals surface area contributed by atoms with Crippen LogP contribution in [0.2, 0.25) is 0 Å². The van der Waals surface area contributed by atoms with Crippen LogP contribution in [0.15, 0.2) is 22.7 Å². The molecule has 1 heterocycles. The summed E-state index contributed by atoms with van der Waals surface area (Å²) in [5.74, 6) is -0.389. The number of benzene rings is 1. The van der Waals surface area contributed by atoms with Crippen molar-refractivity contribution in [2.24, 2.45) is 0 Å². The second-order valence-corrected chi connectivity index (χ2v) is 5.08. The van der Waals surface area contributed by atoms with Crippen molar-refractivity contribution in [3.05, 3.63) is 28.2 Å². The van der Waals surface area contributed by atoms with E-state index in [-0.39, 0.29) is 11.7 Å². The van der Waals surface area contributed by atoms with E-state index in [1.807, 2.05) is 0 Å². The zero-order valence-electron chi connectivity index (χ0n) is 9.89. The maximum absolute atomic E-state index is 10.9. The van der Waals surface area contributed by atoms with E-state index < -0.39 is 5.97 Å². The Labute approximate surface area is 114 Å². The number of carboxylic acid groups (broad SMARTS) is 1. The number of rotatable bonds is 5. The van der Waals surface area contributed by atoms with Crippen LogP contribution < -0.4 is 4.74 Å². The van der Waals surface area contributed by atoms with Crippen LogP contribution in [0.1, 0.15) is 29.6 Å². The van der Waals surface area contributed by atoms with Gasteiger partial charge in [0.1, 0.15) is 5.75 Å². The van der Waals surface area contributed by atoms with Gasteiger partial charge in [0.2, 0.25) is 0 Å². The van der Waals surface area contributed by atoms with E-state index in [9.17, 15) is 4.79 Å². The Hall–Kier alpha value is -1.07. The normalized spacial score (nSPS) is 18.8. The molecule has 0 radical (unpaired) electrons. The quantitative estimate of drug-likeness (QED) is 0.907. The van der Waals surface area contributed by atoms with Crippen molar-refractivity contribution >= 4 is 21.9 Å². The monoisotopic (exact) mass is 314 g/mol. The third-order valence-corrected chi connectivity index (χ3v) is 3.55. The molecule has 98 valence electrons. The first-order chi connectivity index (χ1) is 8.66. The van der Waals surface area contributed by atoms with Crippen LogP contribution in [0.3, 0.4) is 0 Å². The molecule has 1 atom stereocenters. The molecule has 2 rings (SSSR count). The molecule has 1 N–H and O–H groups in total. The first-order valence-electron chi connectivity index (χ1n) is 5.94. The lowest BCUT2D eigenvalue weighted by atomic mass is 10.2. The molecule has 1 aliphatic heterocycles. The van der Waals surface area contributed by atoms with Gasteiger partial charge in [-0.3, -0.25) is 0 Å². The van der Waals surface area contributed by atoms with E-state index in [1.54, 1.807) is 12.1 Å². The van der Waals surface area contributed by atoms with Gasteiger partial charge in [0.05, 0.1) is 22.7 Å². The van der Waals surface area contributed by atoms with Gasteiger partial charge in [-0.1, -0.05) is 0 Å². The van der Waals surface area contributed by atoms with Crippen LogP contribution in [0.25, 0.3) is 0 Å². The summed E-state index contributed by atoms with van der Waals surface area (Å²) >= 11 is 3.34. The predicted octanol–water partition coefficient (Wildman–Crippen LogP) is 3.10. The van der Waals surface area contributed by atoms with E-state index in [2.05, 4.69) is 15.9 Å². The molecule has 1 unspecified atom stereocenters. The average molecular weight is 315 g/mol. The molecule has 0 aliphatic carbocycles. The van der Waals surface area contributed by atoms with Gasteiger partial charge in [-0.15, -0.1) is 0 Å². The molecule has 0 spiro atoms. The Morgan fingerprint density at radius 1 is 1.56 bits per heavy atom. The molecule has 0 aromatic heterocycles. The van der Waals surface area contributed by atoms with Gasteiger partial charge in [-0.2, -0.15) is 0 Å². The van der Waals surface area contributed by atoms with Crippen LogP contribution in [0, 0.1) is 0 Å². The molecule has 1 aromatic carbocycles. The van der Waals surface area contributed by atoms with Crippen molar-refractivity contribution in [3.63, 3.8) is 0 Å². The fourth-order valence-corrected chi connectivity index (χ4v) is 2.28. The molecule has 0 amide bonds. The first-order valence-corrected chi connectivity index (χ1v) is 6.73. The van der Waals surface area contributed by atoms with Crippen molar-refractivity contribution in [1.82, 2.24) is 0 Å². The van der Waals surface area contributed by atoms with Crippen LogP contribution in [-0.2, 0) is 4.74 Å². The molecule has 1 aliphatic rings. The maximum Gasteiger partial charge on any atom is 0.335 e. The van der Waals surface area contributed by atoms with Gasteiger partial charge in [0.15, 0.2) is 0 Å². The van der Waals surface area contributed by atoms with Crippen LogP contribution in [0.5, 0.6) is 5.75 Å². The minimum absolute atomic E-state index is 0.227. The summed E-state index contributed by atoms with van der Waals surface area (Å²) in [6.07, 6.45) is 3.32. The highest BCUT2D eigenvalue weighted by Gasteiger charge is 2.15. The number of carboxylic acids is 1. The van der Waals surface area contributed by atoms with Crippen LogP contribution >= 0.6 is 15.9 Å². The lowest BCUT2D eigenvalue weighted by Gasteiger charge is -2.12. The lowest BCUT2D eigenvalue weighted by Crippen LogP contribution is -2.11. The summed E-state index contributed by atoms with van der Waals surface area (Å²) in [6.45, 7) is 1.37. The fourth-order valence-electron chi connectivity index (χ4n) is 1.92. The van der Waals surface area contributed by atoms with E-state index >= 15 is 0 Å². The second kappa shape index (κ2) is 6.20. The number of hydrogen-bond donors (Lipinski definition) is 1. The number of aromatic carboxylic acids is 1. The minimum Gasteiger partial charge on any atom is -0.492 e. The summed E-state index contributed by atoms with van der Waals surface area (Å²) in [6, 6.07) is 4.76. The van der Waals surface area contributed by atoms with Crippen molar-refractivity contribution in [2.45, 2.75) is 25.4 Å². The highest BCUT2D eigenvalue weighted by Crippen LogP contribution is 2.26. The highest BCUT2D eigenvalue weighted by molar-refractivity contribution is 9.10. The Kier molecular flexibility index (Phi) is 4.60. The van der Waals surface area contributed by atoms with Crippen LogP contribution in [0.4, 0.5) is 0 Å². The maximum atomic E-state index is 10.9. The second-order valence-electron chi connectivity index (χ2n) is 4.22. The Balaban J connectivity index is 1.91. The van der Waals surface area contributed by atoms with Crippen molar-refractivity contribution < 1.29 is 19.4 Å². The van der Waals surface area contributed by atoms with Gasteiger partial charge >= 0.3 is 5.97 Å². The molecule has 0 saturated carbocycles. The molecular formula is C13H15BrO4. The molecule has 1 saturated heterocycles. The average Bonchev–Trinajstić information content (AvgIpc) is 2.84. The minimum atomic E-state index is -0.952. The summed E-state index contributed by atoms with van der Waals surface area (Å²) in [4.78, 5) is 10.9. The summed E-state index contributed by atoms with van der Waals surface area (Å²) in [5, 5.41) is 8.91. The van der Waals surface area contributed by atoms with Gasteiger partial charge in [0, 0.05) is 13.0 Å². The van der Waals surface area contributed by atoms with Gasteiger partial charge < -0.3 is 14.6 Å². The zero-order valence-corrected chi connectivity index (χ0v) is 11.5. The number of hydrogen-bond acceptors (Lipinski definition) is 3. The van der Waals surface area contributed by atoms with Gasteiger partial charge in [-0.25, -0.2) is 4.79 Å². The third-order valence-electron chi connectivity index (χ3n) is 2.90. The van der Waals surface area contributed by atoms with E-state index in [0.29, 0.717) is 12.4 Å². The van der Waals surface area contributed by atoms with E-state index in [1.165, 1.54) is 6.07 Å². The van der Waals surface area contributed by atoms with E-state index in [4.69, 9.17) is 14.6 Å². The SMILES string of the molecule is O=C(O)c1ccc(Br)c(OCCC2CCCO2)c1. The predicted molar refractivity (Wildman–Crippen MR) is 70.2 cm³/mol. The third kappa shape index (κ3) is 3.46. The molecular weight excluding hydrogens is 300 g/mol. The van der Waals surface area contributed by atoms with Gasteiger partial charge in [0.25, 0.3) is 0 Å².